The Bertz CT molecular complexity index is 1490. The minimum absolute atomic E-state index is 0.150. The molecule has 3 aromatic heterocycles. The molecule has 3 heterocycles. The molecule has 0 saturated carbocycles. The fourth-order valence-corrected chi connectivity index (χ4v) is 5.93. The van der Waals surface area contributed by atoms with E-state index in [1.807, 2.05) is 6.92 Å². The van der Waals surface area contributed by atoms with Crippen molar-refractivity contribution in [1.82, 2.24) is 18.7 Å². The largest absolute Gasteiger partial charge is 0.358 e. The molecule has 180 valence electrons. The van der Waals surface area contributed by atoms with Gasteiger partial charge >= 0.3 is 0 Å². The molecule has 12 heteroatoms. The second kappa shape index (κ2) is 9.80. The van der Waals surface area contributed by atoms with Crippen molar-refractivity contribution in [3.05, 3.63) is 52.9 Å². The molecular weight excluding hydrogens is 546 g/mol. The number of nitrogens with zero attached hydrogens (tertiary/aromatic N) is 4. The van der Waals surface area contributed by atoms with Crippen LogP contribution in [0, 0.1) is 6.92 Å². The number of ether oxygens (including phenoxy) is 1. The highest BCUT2D eigenvalue weighted by atomic mass is 79.9. The molecule has 4 rings (SSSR count). The standard InChI is InChI=1S/C23H25B2BrN4O3S2/c1-15-5-7-16(8-6-15)35(31,32)30-13-18(17-11-20(26)27-12-19(17)30)21-22(24)28-29(23(21)25)14-33-9-10-34(2,3)4/h5-8,11-13H,9-10,14H2,1-4H3. The third-order valence-corrected chi connectivity index (χ3v) is 9.06. The average Bonchev–Trinajstić information content (AvgIpc) is 3.27. The summed E-state index contributed by atoms with van der Waals surface area (Å²) in [5, 5.41) is 4.98. The molecule has 4 aromatic rings. The first kappa shape index (κ1) is 26.1. The molecule has 0 aliphatic carbocycles. The summed E-state index contributed by atoms with van der Waals surface area (Å²) in [5.41, 5.74) is 2.85. The Hall–Kier alpha value is -2.01. The number of benzene rings is 1. The first-order chi connectivity index (χ1) is 16.4. The van der Waals surface area contributed by atoms with E-state index in [0.717, 1.165) is 11.3 Å². The van der Waals surface area contributed by atoms with Crippen LogP contribution in [0.3, 0.4) is 0 Å². The molecule has 0 saturated heterocycles. The van der Waals surface area contributed by atoms with Gasteiger partial charge in [0.25, 0.3) is 10.0 Å². The smallest absolute Gasteiger partial charge is 0.268 e. The van der Waals surface area contributed by atoms with Crippen molar-refractivity contribution < 1.29 is 13.2 Å². The van der Waals surface area contributed by atoms with Crippen molar-refractivity contribution in [1.29, 1.82) is 0 Å². The van der Waals surface area contributed by atoms with E-state index in [1.54, 1.807) is 30.3 Å². The molecule has 0 fully saturated rings. The predicted molar refractivity (Wildman–Crippen MR) is 149 cm³/mol. The van der Waals surface area contributed by atoms with E-state index in [1.165, 1.54) is 21.0 Å². The van der Waals surface area contributed by atoms with Gasteiger partial charge in [0.05, 0.1) is 23.2 Å². The summed E-state index contributed by atoms with van der Waals surface area (Å²) < 4.78 is 36.1. The summed E-state index contributed by atoms with van der Waals surface area (Å²) in [7, 11) is 8.13. The van der Waals surface area contributed by atoms with Gasteiger partial charge in [-0.05, 0) is 65.4 Å². The molecule has 0 unspecified atom stereocenters. The van der Waals surface area contributed by atoms with Crippen molar-refractivity contribution >= 4 is 73.8 Å². The van der Waals surface area contributed by atoms with Crippen LogP contribution in [-0.2, 0) is 21.5 Å². The first-order valence-electron chi connectivity index (χ1n) is 10.7. The molecule has 0 bridgehead atoms. The van der Waals surface area contributed by atoms with E-state index >= 15 is 0 Å². The van der Waals surface area contributed by atoms with Gasteiger partial charge in [0.1, 0.15) is 27.0 Å². The van der Waals surface area contributed by atoms with Crippen LogP contribution in [0.25, 0.3) is 22.0 Å². The quantitative estimate of drug-likeness (QED) is 0.185. The van der Waals surface area contributed by atoms with Crippen molar-refractivity contribution in [2.75, 3.05) is 31.1 Å². The maximum Gasteiger partial charge on any atom is 0.268 e. The molecule has 0 spiro atoms. The molecule has 0 N–H and O–H groups in total. The maximum absolute atomic E-state index is 13.5. The number of aryl methyl sites for hydroxylation is 1. The van der Waals surface area contributed by atoms with E-state index < -0.39 is 20.1 Å². The molecular formula is C23H25B2BrN4O3S2. The number of pyridine rings is 1. The monoisotopic (exact) mass is 570 g/mol. The maximum atomic E-state index is 13.5. The number of hydrogen-bond donors (Lipinski definition) is 0. The predicted octanol–water partition coefficient (Wildman–Crippen LogP) is 2.46. The number of halogens is 1. The third kappa shape index (κ3) is 5.40. The van der Waals surface area contributed by atoms with Crippen LogP contribution in [0.1, 0.15) is 5.56 Å². The van der Waals surface area contributed by atoms with Crippen LogP contribution >= 0.6 is 26.0 Å². The van der Waals surface area contributed by atoms with Gasteiger partial charge in [-0.15, -0.1) is 0 Å². The second-order valence-electron chi connectivity index (χ2n) is 9.16. The Balaban J connectivity index is 1.79. The fraction of sp³-hybridized carbons (Fsp3) is 0.304. The van der Waals surface area contributed by atoms with Gasteiger partial charge in [0.15, 0.2) is 0 Å². The number of hydrogen-bond acceptors (Lipinski definition) is 5. The molecule has 0 aliphatic heterocycles. The van der Waals surface area contributed by atoms with Crippen molar-refractivity contribution in [3.63, 3.8) is 0 Å². The SMILES string of the molecule is [B]c1nn(COCCS(C)(C)C)c([B])c1-c1cn(S(=O)(=O)c2ccc(C)cc2)c2cnc(Br)cc12. The van der Waals surface area contributed by atoms with Gasteiger partial charge in [-0.3, -0.25) is 4.68 Å². The Kier molecular flexibility index (Phi) is 7.30. The first-order valence-corrected chi connectivity index (χ1v) is 16.0. The van der Waals surface area contributed by atoms with Gasteiger partial charge in [0.2, 0.25) is 0 Å². The summed E-state index contributed by atoms with van der Waals surface area (Å²) in [5.74, 6) is 0.960. The highest BCUT2D eigenvalue weighted by Gasteiger charge is 2.25. The normalized spacial score (nSPS) is 12.9. The van der Waals surface area contributed by atoms with E-state index in [-0.39, 0.29) is 17.2 Å². The summed E-state index contributed by atoms with van der Waals surface area (Å²) in [6, 6.07) is 8.43. The second-order valence-corrected chi connectivity index (χ2v) is 16.4. The van der Waals surface area contributed by atoms with Gasteiger partial charge in [-0.1, -0.05) is 17.7 Å². The summed E-state index contributed by atoms with van der Waals surface area (Å²) >= 11 is 3.38. The molecule has 0 atom stereocenters. The molecule has 35 heavy (non-hydrogen) atoms. The zero-order chi connectivity index (χ0) is 25.5. The number of rotatable bonds is 8. The van der Waals surface area contributed by atoms with Crippen LogP contribution in [0.5, 0.6) is 0 Å². The van der Waals surface area contributed by atoms with Gasteiger partial charge < -0.3 is 4.74 Å². The van der Waals surface area contributed by atoms with Crippen LogP contribution in [0.4, 0.5) is 0 Å². The Morgan fingerprint density at radius 1 is 1.11 bits per heavy atom. The average molecular weight is 571 g/mol. The fourth-order valence-electron chi connectivity index (χ4n) is 3.62. The summed E-state index contributed by atoms with van der Waals surface area (Å²) in [4.78, 5) is 4.41. The van der Waals surface area contributed by atoms with Crippen LogP contribution in [0.2, 0.25) is 0 Å². The number of fused-ring (bicyclic) bond motifs is 1. The lowest BCUT2D eigenvalue weighted by Crippen LogP contribution is -2.22. The highest BCUT2D eigenvalue weighted by molar-refractivity contribution is 9.10. The van der Waals surface area contributed by atoms with Crippen LogP contribution < -0.4 is 11.2 Å². The van der Waals surface area contributed by atoms with Crippen LogP contribution in [0.15, 0.2) is 52.2 Å². The lowest BCUT2D eigenvalue weighted by Gasteiger charge is -2.24. The highest BCUT2D eigenvalue weighted by Crippen LogP contribution is 2.34. The van der Waals surface area contributed by atoms with Gasteiger partial charge in [0, 0.05) is 34.1 Å². The Labute approximate surface area is 218 Å². The summed E-state index contributed by atoms with van der Waals surface area (Å²) in [6.45, 7) is 2.63. The lowest BCUT2D eigenvalue weighted by molar-refractivity contribution is 0.0835. The van der Waals surface area contributed by atoms with Crippen molar-refractivity contribution in [2.24, 2.45) is 0 Å². The molecule has 1 aromatic carbocycles. The number of aromatic nitrogens is 4. The molecule has 0 amide bonds. The van der Waals surface area contributed by atoms with E-state index in [0.29, 0.717) is 38.8 Å². The summed E-state index contributed by atoms with van der Waals surface area (Å²) in [6.07, 6.45) is 9.70. The van der Waals surface area contributed by atoms with Gasteiger partial charge in [-0.25, -0.2) is 27.4 Å². The Morgan fingerprint density at radius 2 is 1.80 bits per heavy atom. The minimum atomic E-state index is -3.90. The lowest BCUT2D eigenvalue weighted by atomic mass is 9.87. The topological polar surface area (TPSA) is 79.0 Å². The van der Waals surface area contributed by atoms with Crippen molar-refractivity contribution in [3.8, 4) is 11.1 Å². The van der Waals surface area contributed by atoms with E-state index in [2.05, 4.69) is 44.8 Å². The molecule has 4 radical (unpaired) electrons. The van der Waals surface area contributed by atoms with Crippen molar-refractivity contribution in [2.45, 2.75) is 18.6 Å². The molecule has 7 nitrogen and oxygen atoms in total. The Morgan fingerprint density at radius 3 is 2.46 bits per heavy atom. The minimum Gasteiger partial charge on any atom is -0.358 e. The zero-order valence-electron chi connectivity index (χ0n) is 20.0. The van der Waals surface area contributed by atoms with Gasteiger partial charge in [-0.2, -0.15) is 5.10 Å². The molecule has 0 aliphatic rings. The van der Waals surface area contributed by atoms with E-state index in [9.17, 15) is 8.42 Å². The van der Waals surface area contributed by atoms with E-state index in [4.69, 9.17) is 20.4 Å². The third-order valence-electron chi connectivity index (χ3n) is 5.54. The zero-order valence-corrected chi connectivity index (χ0v) is 23.2. The van der Waals surface area contributed by atoms with Crippen LogP contribution in [-0.4, -0.2) is 74.0 Å².